The van der Waals surface area contributed by atoms with Crippen molar-refractivity contribution in [3.05, 3.63) is 53.8 Å². The van der Waals surface area contributed by atoms with Crippen molar-refractivity contribution < 1.29 is 19.1 Å². The minimum absolute atomic E-state index is 0.0185. The largest absolute Gasteiger partial charge is 0.478 e. The van der Waals surface area contributed by atoms with Crippen LogP contribution in [0.3, 0.4) is 0 Å². The Morgan fingerprint density at radius 1 is 1.03 bits per heavy atom. The van der Waals surface area contributed by atoms with E-state index in [1.807, 2.05) is 7.05 Å². The molecule has 0 unspecified atom stereocenters. The number of anilines is 1. The smallest absolute Gasteiger partial charge is 0.335 e. The van der Waals surface area contributed by atoms with Gasteiger partial charge < -0.3 is 15.3 Å². The molecule has 1 aliphatic carbocycles. The number of aromatic nitrogens is 2. The Morgan fingerprint density at radius 3 is 2.34 bits per heavy atom. The molecule has 2 aromatic carbocycles. The molecule has 1 amide bonds. The van der Waals surface area contributed by atoms with Crippen LogP contribution in [0.25, 0.3) is 22.3 Å². The van der Waals surface area contributed by atoms with Crippen molar-refractivity contribution in [3.63, 3.8) is 0 Å². The van der Waals surface area contributed by atoms with Crippen LogP contribution in [0, 0.1) is 5.82 Å². The zero-order valence-corrected chi connectivity index (χ0v) is 18.0. The SMILES string of the molecule is CC(=O)N[C@H]1CC[C@H](N(C)c2nc3cc(C(=O)O)ccc3nc2-c2ccc(F)cc2)CC1. The Bertz CT molecular complexity index is 1160. The summed E-state index contributed by atoms with van der Waals surface area (Å²) in [5, 5.41) is 12.3. The summed E-state index contributed by atoms with van der Waals surface area (Å²) in [6, 6.07) is 11.1. The first-order chi connectivity index (χ1) is 15.3. The predicted molar refractivity (Wildman–Crippen MR) is 120 cm³/mol. The van der Waals surface area contributed by atoms with Gasteiger partial charge in [-0.3, -0.25) is 4.79 Å². The number of hydrogen-bond acceptors (Lipinski definition) is 5. The quantitative estimate of drug-likeness (QED) is 0.627. The lowest BCUT2D eigenvalue weighted by Crippen LogP contribution is -2.42. The zero-order valence-electron chi connectivity index (χ0n) is 18.0. The number of carboxylic acid groups (broad SMARTS) is 1. The van der Waals surface area contributed by atoms with Gasteiger partial charge in [0.25, 0.3) is 0 Å². The minimum atomic E-state index is -1.03. The molecule has 0 saturated heterocycles. The third-order valence-electron chi connectivity index (χ3n) is 6.00. The van der Waals surface area contributed by atoms with E-state index in [1.165, 1.54) is 31.2 Å². The highest BCUT2D eigenvalue weighted by Gasteiger charge is 2.27. The number of nitrogens with one attached hydrogen (secondary N) is 1. The Balaban J connectivity index is 1.73. The van der Waals surface area contributed by atoms with Gasteiger partial charge in [0.05, 0.1) is 16.6 Å². The van der Waals surface area contributed by atoms with Crippen LogP contribution in [0.15, 0.2) is 42.5 Å². The number of nitrogens with zero attached hydrogens (tertiary/aromatic N) is 3. The van der Waals surface area contributed by atoms with Crippen molar-refractivity contribution in [2.75, 3.05) is 11.9 Å². The second-order valence-corrected chi connectivity index (χ2v) is 8.23. The first-order valence-electron chi connectivity index (χ1n) is 10.6. The highest BCUT2D eigenvalue weighted by atomic mass is 19.1. The third kappa shape index (κ3) is 4.54. The van der Waals surface area contributed by atoms with Crippen molar-refractivity contribution in [1.29, 1.82) is 0 Å². The van der Waals surface area contributed by atoms with Gasteiger partial charge in [0.2, 0.25) is 5.91 Å². The predicted octanol–water partition coefficient (Wildman–Crippen LogP) is 4.02. The molecule has 0 radical (unpaired) electrons. The maximum absolute atomic E-state index is 13.5. The lowest BCUT2D eigenvalue weighted by molar-refractivity contribution is -0.119. The van der Waals surface area contributed by atoms with Gasteiger partial charge in [-0.15, -0.1) is 0 Å². The summed E-state index contributed by atoms with van der Waals surface area (Å²) in [5.41, 5.74) is 2.56. The van der Waals surface area contributed by atoms with Crippen LogP contribution in [0.1, 0.15) is 43.0 Å². The molecule has 0 spiro atoms. The number of aromatic carboxylic acids is 1. The molecule has 0 bridgehead atoms. The first kappa shape index (κ1) is 21.7. The summed E-state index contributed by atoms with van der Waals surface area (Å²) in [7, 11) is 1.95. The van der Waals surface area contributed by atoms with E-state index in [9.17, 15) is 19.1 Å². The molecule has 0 aliphatic heterocycles. The van der Waals surface area contributed by atoms with E-state index in [1.54, 1.807) is 18.2 Å². The topological polar surface area (TPSA) is 95.4 Å². The summed E-state index contributed by atoms with van der Waals surface area (Å²) in [5.74, 6) is -0.757. The van der Waals surface area contributed by atoms with Crippen molar-refractivity contribution in [2.45, 2.75) is 44.7 Å². The summed E-state index contributed by atoms with van der Waals surface area (Å²) in [4.78, 5) is 34.4. The monoisotopic (exact) mass is 436 g/mol. The average molecular weight is 436 g/mol. The highest BCUT2D eigenvalue weighted by molar-refractivity contribution is 5.93. The Hall–Kier alpha value is -3.55. The molecule has 1 aromatic heterocycles. The lowest BCUT2D eigenvalue weighted by Gasteiger charge is -2.36. The Morgan fingerprint density at radius 2 is 1.72 bits per heavy atom. The standard InChI is InChI=1S/C24H25FN4O3/c1-14(30)26-18-8-10-19(11-9-18)29(2)23-22(15-3-6-17(25)7-4-15)27-20-12-5-16(24(31)32)13-21(20)28-23/h3-7,12-13,18-19H,8-11H2,1-2H3,(H,26,30)(H,31,32)/t18-,19-. The molecular weight excluding hydrogens is 411 g/mol. The molecule has 4 rings (SSSR count). The molecule has 1 heterocycles. The summed E-state index contributed by atoms with van der Waals surface area (Å²) in [6.45, 7) is 1.53. The van der Waals surface area contributed by atoms with Gasteiger partial charge in [0.1, 0.15) is 11.5 Å². The van der Waals surface area contributed by atoms with Gasteiger partial charge in [-0.05, 0) is 68.1 Å². The summed E-state index contributed by atoms with van der Waals surface area (Å²) < 4.78 is 13.5. The van der Waals surface area contributed by atoms with E-state index in [2.05, 4.69) is 10.2 Å². The van der Waals surface area contributed by atoms with E-state index >= 15 is 0 Å². The first-order valence-corrected chi connectivity index (χ1v) is 10.6. The van der Waals surface area contributed by atoms with Crippen molar-refractivity contribution >= 4 is 28.7 Å². The highest BCUT2D eigenvalue weighted by Crippen LogP contribution is 2.33. The number of amides is 1. The molecule has 1 fully saturated rings. The molecule has 3 aromatic rings. The number of carbonyl (C=O) groups excluding carboxylic acids is 1. The van der Waals surface area contributed by atoms with Crippen LogP contribution in [-0.2, 0) is 4.79 Å². The third-order valence-corrected chi connectivity index (χ3v) is 6.00. The van der Waals surface area contributed by atoms with E-state index in [-0.39, 0.29) is 29.4 Å². The second kappa shape index (κ2) is 8.90. The molecular formula is C24H25FN4O3. The summed E-state index contributed by atoms with van der Waals surface area (Å²) >= 11 is 0. The maximum Gasteiger partial charge on any atom is 0.335 e. The molecule has 7 nitrogen and oxygen atoms in total. The maximum atomic E-state index is 13.5. The number of carbonyl (C=O) groups is 2. The van der Waals surface area contributed by atoms with E-state index in [0.717, 1.165) is 31.2 Å². The van der Waals surface area contributed by atoms with Crippen LogP contribution < -0.4 is 10.2 Å². The van der Waals surface area contributed by atoms with Gasteiger partial charge >= 0.3 is 5.97 Å². The van der Waals surface area contributed by atoms with Crippen LogP contribution in [-0.4, -0.2) is 46.1 Å². The number of rotatable bonds is 5. The molecule has 166 valence electrons. The molecule has 0 atom stereocenters. The van der Waals surface area contributed by atoms with Gasteiger partial charge in [-0.2, -0.15) is 0 Å². The number of carboxylic acids is 1. The number of hydrogen-bond donors (Lipinski definition) is 2. The molecule has 8 heteroatoms. The molecule has 2 N–H and O–H groups in total. The fourth-order valence-corrected chi connectivity index (χ4v) is 4.29. The van der Waals surface area contributed by atoms with Crippen molar-refractivity contribution in [1.82, 2.24) is 15.3 Å². The Labute approximate surface area is 185 Å². The zero-order chi connectivity index (χ0) is 22.8. The van der Waals surface area contributed by atoms with Crippen LogP contribution in [0.5, 0.6) is 0 Å². The van der Waals surface area contributed by atoms with E-state index < -0.39 is 5.97 Å². The van der Waals surface area contributed by atoms with E-state index in [0.29, 0.717) is 22.5 Å². The molecule has 1 aliphatic rings. The number of benzene rings is 2. The molecule has 32 heavy (non-hydrogen) atoms. The lowest BCUT2D eigenvalue weighted by atomic mass is 9.90. The van der Waals surface area contributed by atoms with Gasteiger partial charge in [-0.25, -0.2) is 19.2 Å². The fourth-order valence-electron chi connectivity index (χ4n) is 4.29. The normalized spacial score (nSPS) is 18.3. The van der Waals surface area contributed by atoms with Crippen LogP contribution in [0.2, 0.25) is 0 Å². The van der Waals surface area contributed by atoms with Crippen LogP contribution in [0.4, 0.5) is 10.2 Å². The van der Waals surface area contributed by atoms with E-state index in [4.69, 9.17) is 9.97 Å². The number of fused-ring (bicyclic) bond motifs is 1. The Kier molecular flexibility index (Phi) is 6.03. The van der Waals surface area contributed by atoms with Gasteiger partial charge in [0, 0.05) is 31.6 Å². The van der Waals surface area contributed by atoms with Crippen molar-refractivity contribution in [2.24, 2.45) is 0 Å². The van der Waals surface area contributed by atoms with Crippen molar-refractivity contribution in [3.8, 4) is 11.3 Å². The summed E-state index contributed by atoms with van der Waals surface area (Å²) in [6.07, 6.45) is 3.48. The second-order valence-electron chi connectivity index (χ2n) is 8.23. The van der Waals surface area contributed by atoms with Crippen LogP contribution >= 0.6 is 0 Å². The minimum Gasteiger partial charge on any atom is -0.478 e. The molecule has 1 saturated carbocycles. The van der Waals surface area contributed by atoms with Gasteiger partial charge in [-0.1, -0.05) is 0 Å². The number of halogens is 1. The van der Waals surface area contributed by atoms with Gasteiger partial charge in [0.15, 0.2) is 5.82 Å². The fraction of sp³-hybridized carbons (Fsp3) is 0.333. The average Bonchev–Trinajstić information content (AvgIpc) is 2.78.